The third-order valence-electron chi connectivity index (χ3n) is 4.97. The van der Waals surface area contributed by atoms with Gasteiger partial charge in [-0.15, -0.1) is 11.3 Å². The van der Waals surface area contributed by atoms with Gasteiger partial charge in [0.1, 0.15) is 10.8 Å². The molecule has 1 fully saturated rings. The minimum absolute atomic E-state index is 0.0327. The zero-order chi connectivity index (χ0) is 16.7. The molecule has 2 aromatic heterocycles. The number of thiazole rings is 1. The molecular weight excluding hydrogens is 322 g/mol. The van der Waals surface area contributed by atoms with Crippen molar-refractivity contribution in [1.82, 2.24) is 14.9 Å². The highest BCUT2D eigenvalue weighted by molar-refractivity contribution is 7.11. The monoisotopic (exact) mass is 345 g/mol. The standard InChI is InChI=1S/C18H23N3O2S/c1-3-21(18(22)16-17(12-5-6-12)23-10-19-16)9-15-20-13-7-4-11(2)8-14(13)24-15/h10-12H,3-9H2,1-2H3. The summed E-state index contributed by atoms with van der Waals surface area (Å²) >= 11 is 1.77. The van der Waals surface area contributed by atoms with Gasteiger partial charge >= 0.3 is 0 Å². The molecular formula is C18H23N3O2S. The van der Waals surface area contributed by atoms with Gasteiger partial charge in [-0.1, -0.05) is 6.92 Å². The fraction of sp³-hybridized carbons (Fsp3) is 0.611. The minimum Gasteiger partial charge on any atom is -0.447 e. The summed E-state index contributed by atoms with van der Waals surface area (Å²) < 4.78 is 5.46. The van der Waals surface area contributed by atoms with Crippen LogP contribution in [0.2, 0.25) is 0 Å². The van der Waals surface area contributed by atoms with Crippen molar-refractivity contribution < 1.29 is 9.21 Å². The van der Waals surface area contributed by atoms with E-state index >= 15 is 0 Å². The number of carbonyl (C=O) groups excluding carboxylic acids is 1. The molecule has 0 aliphatic heterocycles. The van der Waals surface area contributed by atoms with Crippen molar-refractivity contribution in [2.45, 2.75) is 58.4 Å². The Balaban J connectivity index is 1.51. The SMILES string of the molecule is CCN(Cc1nc2c(s1)CC(C)CC2)C(=O)c1ncoc1C1CC1. The number of nitrogens with zero attached hydrogens (tertiary/aromatic N) is 3. The van der Waals surface area contributed by atoms with E-state index in [2.05, 4.69) is 11.9 Å². The first kappa shape index (κ1) is 15.8. The summed E-state index contributed by atoms with van der Waals surface area (Å²) in [4.78, 5) is 25.1. The van der Waals surface area contributed by atoms with Crippen LogP contribution in [0.25, 0.3) is 0 Å². The molecule has 6 heteroatoms. The Morgan fingerprint density at radius 3 is 3.00 bits per heavy atom. The highest BCUT2D eigenvalue weighted by Gasteiger charge is 2.34. The molecule has 0 N–H and O–H groups in total. The maximum atomic E-state index is 12.9. The number of hydrogen-bond acceptors (Lipinski definition) is 5. The predicted octanol–water partition coefficient (Wildman–Crippen LogP) is 3.80. The highest BCUT2D eigenvalue weighted by atomic mass is 32.1. The van der Waals surface area contributed by atoms with Crippen LogP contribution in [-0.2, 0) is 19.4 Å². The highest BCUT2D eigenvalue weighted by Crippen LogP contribution is 2.41. The summed E-state index contributed by atoms with van der Waals surface area (Å²) in [6.07, 6.45) is 7.01. The maximum Gasteiger partial charge on any atom is 0.276 e. The number of amides is 1. The van der Waals surface area contributed by atoms with Crippen molar-refractivity contribution >= 4 is 17.2 Å². The van der Waals surface area contributed by atoms with Gasteiger partial charge in [0.25, 0.3) is 5.91 Å². The van der Waals surface area contributed by atoms with E-state index in [1.165, 1.54) is 23.4 Å². The summed E-state index contributed by atoms with van der Waals surface area (Å²) in [6, 6.07) is 0. The molecule has 2 aromatic rings. The summed E-state index contributed by atoms with van der Waals surface area (Å²) in [6.45, 7) is 5.52. The lowest BCUT2D eigenvalue weighted by Crippen LogP contribution is -2.31. The van der Waals surface area contributed by atoms with Crippen molar-refractivity contribution in [1.29, 1.82) is 0 Å². The van der Waals surface area contributed by atoms with E-state index in [1.807, 2.05) is 11.8 Å². The van der Waals surface area contributed by atoms with Crippen LogP contribution in [0.5, 0.6) is 0 Å². The lowest BCUT2D eigenvalue weighted by molar-refractivity contribution is 0.0744. The van der Waals surface area contributed by atoms with E-state index in [4.69, 9.17) is 9.40 Å². The van der Waals surface area contributed by atoms with Crippen molar-refractivity contribution in [3.05, 3.63) is 33.4 Å². The predicted molar refractivity (Wildman–Crippen MR) is 92.2 cm³/mol. The lowest BCUT2D eigenvalue weighted by atomic mass is 9.93. The Hall–Kier alpha value is -1.69. The molecule has 1 atom stereocenters. The Bertz CT molecular complexity index is 747. The van der Waals surface area contributed by atoms with Gasteiger partial charge in [-0.3, -0.25) is 4.79 Å². The van der Waals surface area contributed by atoms with Gasteiger partial charge < -0.3 is 9.32 Å². The first-order chi connectivity index (χ1) is 11.7. The van der Waals surface area contributed by atoms with Crippen LogP contribution in [0, 0.1) is 5.92 Å². The summed E-state index contributed by atoms with van der Waals surface area (Å²) in [7, 11) is 0. The molecule has 5 nitrogen and oxygen atoms in total. The fourth-order valence-corrected chi connectivity index (χ4v) is 4.65. The van der Waals surface area contributed by atoms with Crippen molar-refractivity contribution in [3.8, 4) is 0 Å². The molecule has 1 saturated carbocycles. The number of carbonyl (C=O) groups is 1. The number of rotatable bonds is 5. The molecule has 128 valence electrons. The van der Waals surface area contributed by atoms with E-state index in [1.54, 1.807) is 11.3 Å². The van der Waals surface area contributed by atoms with Gasteiger partial charge in [-0.2, -0.15) is 0 Å². The van der Waals surface area contributed by atoms with Crippen LogP contribution in [0.4, 0.5) is 0 Å². The largest absolute Gasteiger partial charge is 0.447 e. The zero-order valence-corrected chi connectivity index (χ0v) is 15.1. The number of aromatic nitrogens is 2. The number of fused-ring (bicyclic) bond motifs is 1. The van der Waals surface area contributed by atoms with Crippen molar-refractivity contribution in [2.24, 2.45) is 5.92 Å². The second-order valence-corrected chi connectivity index (χ2v) is 8.15. The van der Waals surface area contributed by atoms with Gasteiger partial charge in [0.2, 0.25) is 0 Å². The first-order valence-electron chi connectivity index (χ1n) is 8.85. The molecule has 1 amide bonds. The quantitative estimate of drug-likeness (QED) is 0.827. The molecule has 2 heterocycles. The fourth-order valence-electron chi connectivity index (χ4n) is 3.35. The third kappa shape index (κ3) is 2.99. The second kappa shape index (κ2) is 6.31. The zero-order valence-electron chi connectivity index (χ0n) is 14.2. The molecule has 0 bridgehead atoms. The molecule has 2 aliphatic rings. The second-order valence-electron chi connectivity index (χ2n) is 6.98. The average molecular weight is 345 g/mol. The van der Waals surface area contributed by atoms with E-state index in [9.17, 15) is 4.79 Å². The molecule has 0 radical (unpaired) electrons. The summed E-state index contributed by atoms with van der Waals surface area (Å²) in [5.74, 6) is 1.87. The normalized spacial score (nSPS) is 20.0. The van der Waals surface area contributed by atoms with Gasteiger partial charge in [-0.25, -0.2) is 9.97 Å². The van der Waals surface area contributed by atoms with Crippen molar-refractivity contribution in [2.75, 3.05) is 6.54 Å². The van der Waals surface area contributed by atoms with Crippen LogP contribution in [0.1, 0.15) is 70.9 Å². The van der Waals surface area contributed by atoms with Crippen LogP contribution < -0.4 is 0 Å². The van der Waals surface area contributed by atoms with Crippen molar-refractivity contribution in [3.63, 3.8) is 0 Å². The van der Waals surface area contributed by atoms with Gasteiger partial charge in [0.15, 0.2) is 12.1 Å². The number of hydrogen-bond donors (Lipinski definition) is 0. The van der Waals surface area contributed by atoms with E-state index in [0.717, 1.165) is 42.4 Å². The molecule has 24 heavy (non-hydrogen) atoms. The first-order valence-corrected chi connectivity index (χ1v) is 9.67. The van der Waals surface area contributed by atoms with Crippen LogP contribution in [0.15, 0.2) is 10.8 Å². The molecule has 0 saturated heterocycles. The van der Waals surface area contributed by atoms with Crippen LogP contribution >= 0.6 is 11.3 Å². The Labute approximate surface area is 146 Å². The average Bonchev–Trinajstić information content (AvgIpc) is 3.16. The molecule has 4 rings (SSSR count). The number of aryl methyl sites for hydroxylation is 1. The third-order valence-corrected chi connectivity index (χ3v) is 6.08. The van der Waals surface area contributed by atoms with E-state index in [-0.39, 0.29) is 5.91 Å². The molecule has 0 spiro atoms. The maximum absolute atomic E-state index is 12.9. The van der Waals surface area contributed by atoms with Crippen LogP contribution in [0.3, 0.4) is 0 Å². The Morgan fingerprint density at radius 2 is 2.25 bits per heavy atom. The molecule has 1 unspecified atom stereocenters. The van der Waals surface area contributed by atoms with Gasteiger partial charge in [0.05, 0.1) is 12.2 Å². The summed E-state index contributed by atoms with van der Waals surface area (Å²) in [5, 5.41) is 1.04. The Morgan fingerprint density at radius 1 is 1.42 bits per heavy atom. The number of oxazole rings is 1. The van der Waals surface area contributed by atoms with Gasteiger partial charge in [-0.05, 0) is 44.9 Å². The molecule has 2 aliphatic carbocycles. The smallest absolute Gasteiger partial charge is 0.276 e. The molecule has 0 aromatic carbocycles. The minimum atomic E-state index is -0.0327. The van der Waals surface area contributed by atoms with Crippen LogP contribution in [-0.4, -0.2) is 27.3 Å². The Kier molecular flexibility index (Phi) is 4.16. The summed E-state index contributed by atoms with van der Waals surface area (Å²) in [5.41, 5.74) is 1.74. The van der Waals surface area contributed by atoms with E-state index in [0.29, 0.717) is 24.7 Å². The van der Waals surface area contributed by atoms with Gasteiger partial charge in [0, 0.05) is 17.3 Å². The topological polar surface area (TPSA) is 59.2 Å². The lowest BCUT2D eigenvalue weighted by Gasteiger charge is -2.18. The van der Waals surface area contributed by atoms with E-state index < -0.39 is 0 Å².